The summed E-state index contributed by atoms with van der Waals surface area (Å²) in [5, 5.41) is 12.3. The van der Waals surface area contributed by atoms with Gasteiger partial charge in [0, 0.05) is 25.6 Å². The number of pyridine rings is 1. The molecule has 0 unspecified atom stereocenters. The van der Waals surface area contributed by atoms with Crippen molar-refractivity contribution >= 4 is 11.0 Å². The minimum atomic E-state index is -0.828. The predicted octanol–water partition coefficient (Wildman–Crippen LogP) is 16.6. The first-order valence-electron chi connectivity index (χ1n) is 23.4. The van der Waals surface area contributed by atoms with E-state index in [1.165, 1.54) is 0 Å². The van der Waals surface area contributed by atoms with Gasteiger partial charge in [-0.2, -0.15) is 0 Å². The van der Waals surface area contributed by atoms with E-state index in [0.717, 1.165) is 94.7 Å². The molecule has 2 aromatic heterocycles. The number of hydrogen-bond donors (Lipinski definition) is 1. The summed E-state index contributed by atoms with van der Waals surface area (Å²) in [6.45, 7) is 16.3. The highest BCUT2D eigenvalue weighted by Crippen LogP contribution is 2.45. The van der Waals surface area contributed by atoms with Gasteiger partial charge in [-0.15, -0.1) is 0 Å². The van der Waals surface area contributed by atoms with Crippen molar-refractivity contribution < 1.29 is 7.85 Å². The Bertz CT molecular complexity index is 3210. The van der Waals surface area contributed by atoms with Gasteiger partial charge in [0.2, 0.25) is 0 Å². The SMILES string of the molecule is [2H]C(C)(C)c1ccc(-c2ccnc(-c3cc(-c4ccccc4)cc(-c4cccc5c4nc(-c4cc(C(C)C)cc(C(C)C)c4O)n5-c4ccc(C([2H])(C)C)cc4-c4ccccc4)c3)c2)cc1. The van der Waals surface area contributed by atoms with Crippen LogP contribution in [0.2, 0.25) is 0 Å². The second-order valence-electron chi connectivity index (χ2n) is 18.0. The van der Waals surface area contributed by atoms with Crippen LogP contribution < -0.4 is 0 Å². The van der Waals surface area contributed by atoms with Crippen LogP contribution in [0, 0.1) is 0 Å². The number of phenolic OH excluding ortho intramolecular Hbond substituents is 1. The van der Waals surface area contributed by atoms with Gasteiger partial charge in [0.25, 0.3) is 0 Å². The molecule has 0 atom stereocenters. The van der Waals surface area contributed by atoms with E-state index in [1.54, 1.807) is 0 Å². The van der Waals surface area contributed by atoms with E-state index in [0.29, 0.717) is 11.4 Å². The van der Waals surface area contributed by atoms with Crippen LogP contribution in [-0.2, 0) is 0 Å². The molecule has 0 aliphatic rings. The van der Waals surface area contributed by atoms with E-state index < -0.39 is 11.8 Å². The standard InChI is InChI=1S/C60H57N3O/c1-37(2)41-22-24-43(25-23-41)46-28-29-61-55(36-46)50-31-48(42-16-11-9-12-17-42)30-49(32-50)51-20-15-21-57-58(51)62-60(54-35-47(39(5)6)34-52(40(7)8)59(54)64)63(57)56-27-26-45(38(3)4)33-53(56)44-18-13-10-14-19-44/h9-40,64H,1-8H3/i37D,38D. The lowest BCUT2D eigenvalue weighted by atomic mass is 9.91. The first-order valence-corrected chi connectivity index (χ1v) is 22.4. The zero-order valence-electron chi connectivity index (χ0n) is 40.1. The van der Waals surface area contributed by atoms with Gasteiger partial charge in [0.05, 0.1) is 28.0 Å². The second-order valence-corrected chi connectivity index (χ2v) is 18.0. The van der Waals surface area contributed by atoms with E-state index in [9.17, 15) is 5.11 Å². The van der Waals surface area contributed by atoms with E-state index in [-0.39, 0.29) is 17.6 Å². The largest absolute Gasteiger partial charge is 0.507 e. The van der Waals surface area contributed by atoms with E-state index in [2.05, 4.69) is 154 Å². The molecule has 64 heavy (non-hydrogen) atoms. The number of aromatic nitrogens is 3. The summed E-state index contributed by atoms with van der Waals surface area (Å²) in [5.74, 6) is -0.340. The molecule has 1 N–H and O–H groups in total. The molecular weight excluding hydrogens is 779 g/mol. The first-order chi connectivity index (χ1) is 31.5. The monoisotopic (exact) mass is 837 g/mol. The Morgan fingerprint density at radius 3 is 1.77 bits per heavy atom. The zero-order chi connectivity index (χ0) is 46.5. The summed E-state index contributed by atoms with van der Waals surface area (Å²) in [4.78, 5) is 10.6. The van der Waals surface area contributed by atoms with Gasteiger partial charge in [-0.3, -0.25) is 9.55 Å². The van der Waals surface area contributed by atoms with Crippen molar-refractivity contribution in [2.75, 3.05) is 0 Å². The highest BCUT2D eigenvalue weighted by molar-refractivity contribution is 5.98. The molecule has 0 aliphatic heterocycles. The highest BCUT2D eigenvalue weighted by atomic mass is 16.3. The van der Waals surface area contributed by atoms with Crippen molar-refractivity contribution in [2.45, 2.75) is 79.0 Å². The van der Waals surface area contributed by atoms with Crippen LogP contribution in [0.25, 0.3) is 83.9 Å². The summed E-state index contributed by atoms with van der Waals surface area (Å²) < 4.78 is 19.8. The Kier molecular flexibility index (Phi) is 10.9. The molecule has 0 saturated heterocycles. The van der Waals surface area contributed by atoms with Crippen molar-refractivity contribution in [3.63, 3.8) is 0 Å². The molecule has 0 bridgehead atoms. The maximum absolute atomic E-state index is 12.3. The molecule has 0 radical (unpaired) electrons. The number of aromatic hydroxyl groups is 1. The Hall–Kier alpha value is -7.04. The molecule has 0 saturated carbocycles. The predicted molar refractivity (Wildman–Crippen MR) is 270 cm³/mol. The van der Waals surface area contributed by atoms with E-state index in [1.807, 2.05) is 76.4 Å². The fourth-order valence-electron chi connectivity index (χ4n) is 8.76. The molecule has 9 rings (SSSR count). The third-order valence-electron chi connectivity index (χ3n) is 12.5. The first kappa shape index (κ1) is 39.8. The number of rotatable bonds is 11. The smallest absolute Gasteiger partial charge is 0.149 e. The summed E-state index contributed by atoms with van der Waals surface area (Å²) >= 11 is 0. The van der Waals surface area contributed by atoms with Crippen LogP contribution in [0.3, 0.4) is 0 Å². The van der Waals surface area contributed by atoms with Crippen molar-refractivity contribution in [1.29, 1.82) is 0 Å². The van der Waals surface area contributed by atoms with E-state index >= 15 is 0 Å². The quantitative estimate of drug-likeness (QED) is 0.141. The van der Waals surface area contributed by atoms with Gasteiger partial charge in [0.15, 0.2) is 0 Å². The molecule has 9 aromatic rings. The van der Waals surface area contributed by atoms with Gasteiger partial charge in [-0.1, -0.05) is 165 Å². The third kappa shape index (κ3) is 8.17. The fraction of sp³-hybridized carbons (Fsp3) is 0.200. The van der Waals surface area contributed by atoms with E-state index in [4.69, 9.17) is 12.7 Å². The van der Waals surface area contributed by atoms with Crippen LogP contribution in [0.1, 0.15) is 104 Å². The Morgan fingerprint density at radius 1 is 0.469 bits per heavy atom. The van der Waals surface area contributed by atoms with Gasteiger partial charge >= 0.3 is 0 Å². The van der Waals surface area contributed by atoms with Crippen molar-refractivity contribution in [1.82, 2.24) is 14.5 Å². The summed E-state index contributed by atoms with van der Waals surface area (Å²) in [6, 6.07) is 56.9. The van der Waals surface area contributed by atoms with Crippen LogP contribution in [0.15, 0.2) is 170 Å². The number of nitrogens with zero attached hydrogens (tertiary/aromatic N) is 3. The van der Waals surface area contributed by atoms with Gasteiger partial charge in [-0.05, 0) is 134 Å². The maximum atomic E-state index is 12.3. The molecular formula is C60H57N3O. The van der Waals surface area contributed by atoms with Crippen molar-refractivity contribution in [3.8, 4) is 78.6 Å². The average molecular weight is 838 g/mol. The lowest BCUT2D eigenvalue weighted by Gasteiger charge is -2.20. The minimum Gasteiger partial charge on any atom is -0.507 e. The minimum absolute atomic E-state index is 0.0790. The maximum Gasteiger partial charge on any atom is 0.149 e. The highest BCUT2D eigenvalue weighted by Gasteiger charge is 2.25. The van der Waals surface area contributed by atoms with Gasteiger partial charge in [0.1, 0.15) is 11.6 Å². The number of imidazole rings is 1. The van der Waals surface area contributed by atoms with Crippen molar-refractivity contribution in [3.05, 3.63) is 192 Å². The van der Waals surface area contributed by atoms with Crippen molar-refractivity contribution in [2.24, 2.45) is 0 Å². The molecule has 7 aromatic carbocycles. The zero-order valence-corrected chi connectivity index (χ0v) is 38.1. The van der Waals surface area contributed by atoms with Crippen LogP contribution >= 0.6 is 0 Å². The lowest BCUT2D eigenvalue weighted by molar-refractivity contribution is 0.466. The topological polar surface area (TPSA) is 50.9 Å². The van der Waals surface area contributed by atoms with Gasteiger partial charge in [-0.25, -0.2) is 4.98 Å². The molecule has 2 heterocycles. The number of para-hydroxylation sites is 1. The number of benzene rings is 7. The van der Waals surface area contributed by atoms with Crippen LogP contribution in [0.5, 0.6) is 5.75 Å². The van der Waals surface area contributed by atoms with Gasteiger partial charge < -0.3 is 5.11 Å². The molecule has 4 nitrogen and oxygen atoms in total. The summed E-state index contributed by atoms with van der Waals surface area (Å²) in [5.41, 5.74) is 17.2. The number of hydrogen-bond acceptors (Lipinski definition) is 3. The molecule has 318 valence electrons. The fourth-order valence-corrected chi connectivity index (χ4v) is 8.76. The third-order valence-corrected chi connectivity index (χ3v) is 12.5. The summed E-state index contributed by atoms with van der Waals surface area (Å²) in [7, 11) is 0. The Morgan fingerprint density at radius 2 is 1.09 bits per heavy atom. The molecule has 0 spiro atoms. The number of phenols is 1. The van der Waals surface area contributed by atoms with Crippen LogP contribution in [-0.4, -0.2) is 19.6 Å². The average Bonchev–Trinajstić information content (AvgIpc) is 3.70. The normalized spacial score (nSPS) is 12.5. The Labute approximate surface area is 381 Å². The molecule has 0 fully saturated rings. The van der Waals surface area contributed by atoms with Crippen LogP contribution in [0.4, 0.5) is 0 Å². The molecule has 0 aliphatic carbocycles. The number of fused-ring (bicyclic) bond motifs is 1. The summed E-state index contributed by atoms with van der Waals surface area (Å²) in [6.07, 6.45) is 1.87. The molecule has 4 heteroatoms. The lowest BCUT2D eigenvalue weighted by Crippen LogP contribution is -2.04. The molecule has 0 amide bonds. The second kappa shape index (κ2) is 17.6. The Balaban J connectivity index is 1.32.